The first-order chi connectivity index (χ1) is 13.0. The highest BCUT2D eigenvalue weighted by Crippen LogP contribution is 2.26. The van der Waals surface area contributed by atoms with Crippen LogP contribution in [-0.4, -0.2) is 36.3 Å². The van der Waals surface area contributed by atoms with Crippen molar-refractivity contribution in [2.75, 3.05) is 25.0 Å². The van der Waals surface area contributed by atoms with Crippen LogP contribution in [0, 0.1) is 6.92 Å². The highest BCUT2D eigenvalue weighted by Gasteiger charge is 2.24. The minimum Gasteiger partial charge on any atom is -0.346 e. The van der Waals surface area contributed by atoms with Crippen LogP contribution in [-0.2, 0) is 9.59 Å². The average molecular weight is 406 g/mol. The molecule has 1 atom stereocenters. The second kappa shape index (κ2) is 9.35. The molecular formula is C20H24ClN3O2S. The average Bonchev–Trinajstić information content (AvgIpc) is 3.20. The number of likely N-dealkylation sites (tertiary alicyclic amines) is 1. The summed E-state index contributed by atoms with van der Waals surface area (Å²) in [5, 5.41) is 10.1. The molecule has 1 unspecified atom stereocenters. The van der Waals surface area contributed by atoms with Gasteiger partial charge in [0, 0.05) is 17.3 Å². The minimum atomic E-state index is -0.683. The Morgan fingerprint density at radius 2 is 1.96 bits per heavy atom. The largest absolute Gasteiger partial charge is 0.346 e. The molecule has 0 bridgehead atoms. The lowest BCUT2D eigenvalue weighted by Gasteiger charge is -2.34. The summed E-state index contributed by atoms with van der Waals surface area (Å²) in [5.41, 5.74) is 2.61. The first-order valence-electron chi connectivity index (χ1n) is 9.16. The van der Waals surface area contributed by atoms with Crippen LogP contribution in [0.25, 0.3) is 0 Å². The van der Waals surface area contributed by atoms with Gasteiger partial charge in [-0.2, -0.15) is 11.3 Å². The summed E-state index contributed by atoms with van der Waals surface area (Å²) in [6, 6.07) is 7.36. The number of nitrogens with zero attached hydrogens (tertiary/aromatic N) is 1. The molecule has 0 radical (unpaired) electrons. The molecule has 7 heteroatoms. The molecule has 2 aromatic rings. The number of benzene rings is 1. The van der Waals surface area contributed by atoms with E-state index in [2.05, 4.69) is 27.0 Å². The molecule has 1 saturated heterocycles. The maximum absolute atomic E-state index is 12.3. The summed E-state index contributed by atoms with van der Waals surface area (Å²) in [6.45, 7) is 4.33. The molecule has 3 rings (SSSR count). The van der Waals surface area contributed by atoms with Crippen LogP contribution < -0.4 is 10.6 Å². The number of hydrogen-bond donors (Lipinski definition) is 2. The van der Waals surface area contributed by atoms with Gasteiger partial charge in [-0.15, -0.1) is 0 Å². The first kappa shape index (κ1) is 19.9. The summed E-state index contributed by atoms with van der Waals surface area (Å²) < 4.78 is 0. The van der Waals surface area contributed by atoms with Crippen molar-refractivity contribution in [2.45, 2.75) is 32.2 Å². The summed E-state index contributed by atoms with van der Waals surface area (Å²) in [7, 11) is 0. The van der Waals surface area contributed by atoms with Crippen molar-refractivity contribution in [3.63, 3.8) is 0 Å². The van der Waals surface area contributed by atoms with Crippen LogP contribution in [0.1, 0.15) is 36.4 Å². The predicted octanol–water partition coefficient (Wildman–Crippen LogP) is 3.99. The van der Waals surface area contributed by atoms with Crippen LogP contribution in [0.3, 0.4) is 0 Å². The van der Waals surface area contributed by atoms with Crippen LogP contribution in [0.15, 0.2) is 35.0 Å². The molecule has 1 fully saturated rings. The van der Waals surface area contributed by atoms with Crippen LogP contribution in [0.5, 0.6) is 0 Å². The van der Waals surface area contributed by atoms with Gasteiger partial charge in [0.1, 0.15) is 0 Å². The lowest BCUT2D eigenvalue weighted by atomic mass is 10.0. The van der Waals surface area contributed by atoms with Crippen molar-refractivity contribution in [2.24, 2.45) is 0 Å². The van der Waals surface area contributed by atoms with E-state index in [1.54, 1.807) is 29.5 Å². The molecule has 1 aromatic carbocycles. The van der Waals surface area contributed by atoms with Crippen molar-refractivity contribution in [1.29, 1.82) is 0 Å². The lowest BCUT2D eigenvalue weighted by Crippen LogP contribution is -2.43. The third-order valence-electron chi connectivity index (χ3n) is 4.85. The third kappa shape index (κ3) is 5.31. The number of carbonyl (C=O) groups is 2. The van der Waals surface area contributed by atoms with Crippen LogP contribution >= 0.6 is 22.9 Å². The van der Waals surface area contributed by atoms with E-state index in [1.165, 1.54) is 24.8 Å². The number of aryl methyl sites for hydroxylation is 1. The molecule has 27 heavy (non-hydrogen) atoms. The zero-order chi connectivity index (χ0) is 19.2. The van der Waals surface area contributed by atoms with Gasteiger partial charge in [0.05, 0.1) is 6.04 Å². The molecule has 144 valence electrons. The van der Waals surface area contributed by atoms with E-state index in [-0.39, 0.29) is 6.04 Å². The Bertz CT molecular complexity index is 789. The van der Waals surface area contributed by atoms with Gasteiger partial charge in [0.2, 0.25) is 0 Å². The number of nitrogens with one attached hydrogen (secondary N) is 2. The number of anilines is 1. The molecular weight excluding hydrogens is 382 g/mol. The Labute approximate surface area is 168 Å². The minimum absolute atomic E-state index is 0.0992. The highest BCUT2D eigenvalue weighted by molar-refractivity contribution is 7.08. The van der Waals surface area contributed by atoms with E-state index in [4.69, 9.17) is 11.6 Å². The molecule has 0 saturated carbocycles. The van der Waals surface area contributed by atoms with Crippen molar-refractivity contribution < 1.29 is 9.59 Å². The zero-order valence-corrected chi connectivity index (χ0v) is 16.9. The number of piperidine rings is 1. The number of hydrogen-bond acceptors (Lipinski definition) is 4. The van der Waals surface area contributed by atoms with Gasteiger partial charge >= 0.3 is 11.8 Å². The van der Waals surface area contributed by atoms with Gasteiger partial charge < -0.3 is 10.6 Å². The van der Waals surface area contributed by atoms with E-state index in [0.29, 0.717) is 17.3 Å². The topological polar surface area (TPSA) is 61.4 Å². The Kier molecular flexibility index (Phi) is 6.88. The SMILES string of the molecule is Cc1ccc(NC(=O)C(=O)NCC(c2ccsc2)N2CCCCC2)cc1Cl. The Morgan fingerprint density at radius 1 is 1.19 bits per heavy atom. The maximum atomic E-state index is 12.3. The molecule has 1 aromatic heterocycles. The van der Waals surface area contributed by atoms with Crippen molar-refractivity contribution in [3.8, 4) is 0 Å². The quantitative estimate of drug-likeness (QED) is 0.739. The fourth-order valence-electron chi connectivity index (χ4n) is 3.28. The van der Waals surface area contributed by atoms with Crippen LogP contribution in [0.4, 0.5) is 5.69 Å². The molecule has 2 N–H and O–H groups in total. The smallest absolute Gasteiger partial charge is 0.313 e. The molecule has 2 amide bonds. The normalized spacial score (nSPS) is 15.9. The second-order valence-corrected chi connectivity index (χ2v) is 7.98. The van der Waals surface area contributed by atoms with E-state index in [1.807, 2.05) is 12.3 Å². The number of amides is 2. The molecule has 0 spiro atoms. The number of thiophene rings is 1. The van der Waals surface area contributed by atoms with Crippen molar-refractivity contribution in [1.82, 2.24) is 10.2 Å². The van der Waals surface area contributed by atoms with E-state index < -0.39 is 11.8 Å². The Balaban J connectivity index is 1.59. The standard InChI is InChI=1S/C20H24ClN3O2S/c1-14-5-6-16(11-17(14)21)23-20(26)19(25)22-12-18(15-7-10-27-13-15)24-8-3-2-4-9-24/h5-7,10-11,13,18H,2-4,8-9,12H2,1H3,(H,22,25)(H,23,26). The monoisotopic (exact) mass is 405 g/mol. The molecule has 1 aliphatic heterocycles. The predicted molar refractivity (Wildman–Crippen MR) is 110 cm³/mol. The summed E-state index contributed by atoms with van der Waals surface area (Å²) in [6.07, 6.45) is 3.59. The van der Waals surface area contributed by atoms with Gasteiger partial charge in [0.25, 0.3) is 0 Å². The Hall–Kier alpha value is -1.89. The van der Waals surface area contributed by atoms with Crippen molar-refractivity contribution >= 4 is 40.4 Å². The van der Waals surface area contributed by atoms with Crippen molar-refractivity contribution in [3.05, 3.63) is 51.2 Å². The van der Waals surface area contributed by atoms with Gasteiger partial charge in [-0.25, -0.2) is 0 Å². The van der Waals surface area contributed by atoms with Gasteiger partial charge in [-0.1, -0.05) is 24.1 Å². The zero-order valence-electron chi connectivity index (χ0n) is 15.3. The summed E-state index contributed by atoms with van der Waals surface area (Å²) in [5.74, 6) is -1.32. The van der Waals surface area contributed by atoms with Gasteiger partial charge in [-0.3, -0.25) is 14.5 Å². The maximum Gasteiger partial charge on any atom is 0.313 e. The fourth-order valence-corrected chi connectivity index (χ4v) is 4.17. The lowest BCUT2D eigenvalue weighted by molar-refractivity contribution is -0.136. The summed E-state index contributed by atoms with van der Waals surface area (Å²) >= 11 is 7.71. The number of carbonyl (C=O) groups excluding carboxylic acids is 2. The molecule has 2 heterocycles. The van der Waals surface area contributed by atoms with E-state index in [0.717, 1.165) is 18.7 Å². The fraction of sp³-hybridized carbons (Fsp3) is 0.400. The van der Waals surface area contributed by atoms with Gasteiger partial charge in [-0.05, 0) is 72.9 Å². The van der Waals surface area contributed by atoms with E-state index >= 15 is 0 Å². The summed E-state index contributed by atoms with van der Waals surface area (Å²) in [4.78, 5) is 26.9. The molecule has 1 aliphatic rings. The van der Waals surface area contributed by atoms with Gasteiger partial charge in [0.15, 0.2) is 0 Å². The Morgan fingerprint density at radius 3 is 2.63 bits per heavy atom. The number of halogens is 1. The molecule has 5 nitrogen and oxygen atoms in total. The van der Waals surface area contributed by atoms with Crippen LogP contribution in [0.2, 0.25) is 5.02 Å². The molecule has 0 aliphatic carbocycles. The second-order valence-electron chi connectivity index (χ2n) is 6.80. The first-order valence-corrected chi connectivity index (χ1v) is 10.5. The number of rotatable bonds is 5. The third-order valence-corrected chi connectivity index (χ3v) is 5.96. The highest BCUT2D eigenvalue weighted by atomic mass is 35.5. The van der Waals surface area contributed by atoms with E-state index in [9.17, 15) is 9.59 Å².